The second-order valence-electron chi connectivity index (χ2n) is 6.69. The summed E-state index contributed by atoms with van der Waals surface area (Å²) in [5.74, 6) is -0.683. The first-order valence-corrected chi connectivity index (χ1v) is 9.38. The average molecular weight is 380 g/mol. The van der Waals surface area contributed by atoms with E-state index in [1.807, 2.05) is 48.5 Å². The number of amides is 2. The maximum absolute atomic E-state index is 12.6. The third-order valence-electron chi connectivity index (χ3n) is 4.86. The quantitative estimate of drug-likeness (QED) is 0.404. The van der Waals surface area contributed by atoms with Gasteiger partial charge in [-0.2, -0.15) is 0 Å². The molecule has 2 N–H and O–H groups in total. The summed E-state index contributed by atoms with van der Waals surface area (Å²) in [5, 5.41) is 9.70. The van der Waals surface area contributed by atoms with Crippen LogP contribution in [0, 0.1) is 0 Å². The highest BCUT2D eigenvalue weighted by Crippen LogP contribution is 2.29. The summed E-state index contributed by atoms with van der Waals surface area (Å²) in [6, 6.07) is 27.1. The molecular weight excluding hydrogens is 360 g/mol. The van der Waals surface area contributed by atoms with Crippen molar-refractivity contribution in [3.05, 3.63) is 102 Å². The van der Waals surface area contributed by atoms with E-state index in [0.717, 1.165) is 27.1 Å². The fraction of sp³-hybridized carbons (Fsp3) is 0.0400. The molecule has 0 saturated carbocycles. The largest absolute Gasteiger partial charge is 0.354 e. The molecule has 0 aliphatic heterocycles. The topological polar surface area (TPSA) is 58.2 Å². The Morgan fingerprint density at radius 1 is 0.759 bits per heavy atom. The van der Waals surface area contributed by atoms with Gasteiger partial charge in [-0.25, -0.2) is 0 Å². The maximum Gasteiger partial charge on any atom is 0.267 e. The normalized spacial score (nSPS) is 11.4. The van der Waals surface area contributed by atoms with Gasteiger partial charge in [-0.05, 0) is 51.4 Å². The van der Waals surface area contributed by atoms with E-state index in [2.05, 4.69) is 22.8 Å². The van der Waals surface area contributed by atoms with Crippen LogP contribution < -0.4 is 10.6 Å². The first kappa shape index (κ1) is 18.4. The van der Waals surface area contributed by atoms with Gasteiger partial charge in [0.05, 0.1) is 0 Å². The molecule has 0 atom stereocenters. The Hall–Kier alpha value is -3.92. The molecule has 4 nitrogen and oxygen atoms in total. The molecule has 0 aromatic heterocycles. The first-order valence-electron chi connectivity index (χ1n) is 9.38. The Balaban J connectivity index is 1.84. The van der Waals surface area contributed by atoms with Crippen molar-refractivity contribution in [1.29, 1.82) is 0 Å². The van der Waals surface area contributed by atoms with Crippen LogP contribution in [0.3, 0.4) is 0 Å². The van der Waals surface area contributed by atoms with Crippen LogP contribution in [0.25, 0.3) is 27.6 Å². The molecule has 4 aromatic rings. The summed E-state index contributed by atoms with van der Waals surface area (Å²) in [5.41, 5.74) is 1.55. The Bertz CT molecular complexity index is 1240. The van der Waals surface area contributed by atoms with Gasteiger partial charge < -0.3 is 10.6 Å². The third kappa shape index (κ3) is 3.73. The Labute approximate surface area is 168 Å². The molecule has 0 heterocycles. The zero-order valence-electron chi connectivity index (χ0n) is 16.0. The lowest BCUT2D eigenvalue weighted by Crippen LogP contribution is -2.33. The van der Waals surface area contributed by atoms with E-state index in [4.69, 9.17) is 0 Å². The highest BCUT2D eigenvalue weighted by molar-refractivity contribution is 6.12. The maximum atomic E-state index is 12.6. The number of benzene rings is 4. The predicted octanol–water partition coefficient (Wildman–Crippen LogP) is 4.51. The highest BCUT2D eigenvalue weighted by Gasteiger charge is 2.14. The van der Waals surface area contributed by atoms with Crippen molar-refractivity contribution in [3.63, 3.8) is 0 Å². The van der Waals surface area contributed by atoms with Crippen LogP contribution >= 0.6 is 0 Å². The van der Waals surface area contributed by atoms with E-state index < -0.39 is 0 Å². The van der Waals surface area contributed by atoms with Crippen molar-refractivity contribution in [1.82, 2.24) is 10.6 Å². The summed E-state index contributed by atoms with van der Waals surface area (Å²) < 4.78 is 0. The van der Waals surface area contributed by atoms with Crippen molar-refractivity contribution < 1.29 is 9.59 Å². The van der Waals surface area contributed by atoms with E-state index in [-0.39, 0.29) is 17.5 Å². The zero-order chi connectivity index (χ0) is 20.2. The summed E-state index contributed by atoms with van der Waals surface area (Å²) in [6.45, 7) is 0. The minimum absolute atomic E-state index is 0.196. The molecule has 0 unspecified atom stereocenters. The van der Waals surface area contributed by atoms with Crippen molar-refractivity contribution >= 4 is 39.4 Å². The summed E-state index contributed by atoms with van der Waals surface area (Å²) in [7, 11) is 1.54. The van der Waals surface area contributed by atoms with Crippen LogP contribution in [0.5, 0.6) is 0 Å². The number of hydrogen-bond donors (Lipinski definition) is 2. The molecule has 4 aromatic carbocycles. The molecular formula is C25H20N2O2. The van der Waals surface area contributed by atoms with Gasteiger partial charge in [-0.15, -0.1) is 0 Å². The minimum atomic E-state index is -0.355. The van der Waals surface area contributed by atoms with Gasteiger partial charge in [0, 0.05) is 12.6 Å². The standard InChI is InChI=1S/C25H20N2O2/c1-26-25(29)23(27-24(28)17-9-3-2-4-10-17)16-19-15-18-11-5-6-12-20(18)22-14-8-7-13-21(19)22/h2-16H,1H3,(H,26,29)(H,27,28)/b23-16-. The monoisotopic (exact) mass is 380 g/mol. The average Bonchev–Trinajstić information content (AvgIpc) is 2.78. The summed E-state index contributed by atoms with van der Waals surface area (Å²) in [6.07, 6.45) is 1.73. The Morgan fingerprint density at radius 2 is 1.38 bits per heavy atom. The lowest BCUT2D eigenvalue weighted by Gasteiger charge is -2.12. The lowest BCUT2D eigenvalue weighted by molar-refractivity contribution is -0.117. The Morgan fingerprint density at radius 3 is 2.10 bits per heavy atom. The van der Waals surface area contributed by atoms with E-state index in [0.29, 0.717) is 5.56 Å². The van der Waals surface area contributed by atoms with Gasteiger partial charge in [0.2, 0.25) is 0 Å². The van der Waals surface area contributed by atoms with Crippen LogP contribution in [0.4, 0.5) is 0 Å². The van der Waals surface area contributed by atoms with E-state index in [1.54, 1.807) is 37.4 Å². The van der Waals surface area contributed by atoms with Crippen molar-refractivity contribution in [2.45, 2.75) is 0 Å². The fourth-order valence-corrected chi connectivity index (χ4v) is 3.44. The third-order valence-corrected chi connectivity index (χ3v) is 4.86. The number of carbonyl (C=O) groups excluding carboxylic acids is 2. The molecule has 0 radical (unpaired) electrons. The van der Waals surface area contributed by atoms with Crippen molar-refractivity contribution in [2.24, 2.45) is 0 Å². The summed E-state index contributed by atoms with van der Waals surface area (Å²) >= 11 is 0. The van der Waals surface area contributed by atoms with Gasteiger partial charge in [0.15, 0.2) is 0 Å². The second kappa shape index (κ2) is 7.98. The SMILES string of the molecule is CNC(=O)/C(=C/c1cc2ccccc2c2ccccc12)NC(=O)c1ccccc1. The van der Waals surface area contributed by atoms with Crippen LogP contribution in [0.1, 0.15) is 15.9 Å². The molecule has 0 bridgehead atoms. The predicted molar refractivity (Wildman–Crippen MR) is 117 cm³/mol. The van der Waals surface area contributed by atoms with E-state index in [9.17, 15) is 9.59 Å². The first-order chi connectivity index (χ1) is 14.2. The highest BCUT2D eigenvalue weighted by atomic mass is 16.2. The van der Waals surface area contributed by atoms with E-state index in [1.165, 1.54) is 0 Å². The van der Waals surface area contributed by atoms with Gasteiger partial charge in [0.25, 0.3) is 11.8 Å². The van der Waals surface area contributed by atoms with Gasteiger partial charge in [-0.1, -0.05) is 66.7 Å². The number of nitrogens with one attached hydrogen (secondary N) is 2. The van der Waals surface area contributed by atoms with Crippen LogP contribution in [-0.2, 0) is 4.79 Å². The molecule has 0 aliphatic rings. The number of likely N-dealkylation sites (N-methyl/N-ethyl adjacent to an activating group) is 1. The lowest BCUT2D eigenvalue weighted by atomic mass is 9.96. The van der Waals surface area contributed by atoms with Crippen LogP contribution in [-0.4, -0.2) is 18.9 Å². The molecule has 29 heavy (non-hydrogen) atoms. The molecule has 2 amide bonds. The molecule has 4 heteroatoms. The molecule has 0 aliphatic carbocycles. The molecule has 142 valence electrons. The second-order valence-corrected chi connectivity index (χ2v) is 6.69. The molecule has 0 fully saturated rings. The summed E-state index contributed by atoms with van der Waals surface area (Å²) in [4.78, 5) is 25.1. The zero-order valence-corrected chi connectivity index (χ0v) is 16.0. The molecule has 0 saturated heterocycles. The van der Waals surface area contributed by atoms with Gasteiger partial charge >= 0.3 is 0 Å². The number of fused-ring (bicyclic) bond motifs is 3. The number of hydrogen-bond acceptors (Lipinski definition) is 2. The van der Waals surface area contributed by atoms with Crippen molar-refractivity contribution in [2.75, 3.05) is 7.05 Å². The molecule has 0 spiro atoms. The van der Waals surface area contributed by atoms with Crippen LogP contribution in [0.15, 0.2) is 90.6 Å². The Kier molecular flexibility index (Phi) is 5.08. The van der Waals surface area contributed by atoms with Crippen LogP contribution in [0.2, 0.25) is 0 Å². The minimum Gasteiger partial charge on any atom is -0.354 e. The van der Waals surface area contributed by atoms with Crippen molar-refractivity contribution in [3.8, 4) is 0 Å². The van der Waals surface area contributed by atoms with Gasteiger partial charge in [0.1, 0.15) is 5.70 Å². The number of carbonyl (C=O) groups is 2. The number of rotatable bonds is 4. The van der Waals surface area contributed by atoms with E-state index >= 15 is 0 Å². The fourth-order valence-electron chi connectivity index (χ4n) is 3.44. The smallest absolute Gasteiger partial charge is 0.267 e. The molecule has 4 rings (SSSR count). The van der Waals surface area contributed by atoms with Gasteiger partial charge in [-0.3, -0.25) is 9.59 Å².